The lowest BCUT2D eigenvalue weighted by Gasteiger charge is -2.18. The second-order valence-corrected chi connectivity index (χ2v) is 3.97. The SMILES string of the molecule is OCCC(O)C(O)c1cncc2ccccc12. The highest BCUT2D eigenvalue weighted by molar-refractivity contribution is 5.84. The first-order valence-corrected chi connectivity index (χ1v) is 5.53. The van der Waals surface area contributed by atoms with Crippen LogP contribution in [0.4, 0.5) is 0 Å². The zero-order valence-electron chi connectivity index (χ0n) is 9.32. The number of nitrogens with zero attached hydrogens (tertiary/aromatic N) is 1. The van der Waals surface area contributed by atoms with Gasteiger partial charge >= 0.3 is 0 Å². The fraction of sp³-hybridized carbons (Fsp3) is 0.308. The Morgan fingerprint density at radius 1 is 1.12 bits per heavy atom. The molecule has 2 unspecified atom stereocenters. The smallest absolute Gasteiger partial charge is 0.107 e. The Kier molecular flexibility index (Phi) is 3.68. The second-order valence-electron chi connectivity index (χ2n) is 3.97. The van der Waals surface area contributed by atoms with Gasteiger partial charge in [0.15, 0.2) is 0 Å². The first-order chi connectivity index (χ1) is 8.24. The van der Waals surface area contributed by atoms with E-state index in [9.17, 15) is 10.2 Å². The van der Waals surface area contributed by atoms with Gasteiger partial charge in [-0.05, 0) is 11.8 Å². The van der Waals surface area contributed by atoms with Crippen molar-refractivity contribution in [3.63, 3.8) is 0 Å². The third-order valence-corrected chi connectivity index (χ3v) is 2.81. The van der Waals surface area contributed by atoms with Crippen LogP contribution in [0.1, 0.15) is 18.1 Å². The maximum absolute atomic E-state index is 10.0. The molecule has 0 aliphatic rings. The van der Waals surface area contributed by atoms with Crippen LogP contribution in [0.25, 0.3) is 10.8 Å². The van der Waals surface area contributed by atoms with Crippen LogP contribution in [-0.2, 0) is 0 Å². The van der Waals surface area contributed by atoms with Crippen LogP contribution in [0.15, 0.2) is 36.7 Å². The van der Waals surface area contributed by atoms with Crippen LogP contribution >= 0.6 is 0 Å². The van der Waals surface area contributed by atoms with Gasteiger partial charge in [0.25, 0.3) is 0 Å². The molecule has 0 aliphatic carbocycles. The summed E-state index contributed by atoms with van der Waals surface area (Å²) in [5.41, 5.74) is 0.587. The Balaban J connectivity index is 2.41. The summed E-state index contributed by atoms with van der Waals surface area (Å²) in [4.78, 5) is 4.04. The highest BCUT2D eigenvalue weighted by Gasteiger charge is 2.19. The third-order valence-electron chi connectivity index (χ3n) is 2.81. The van der Waals surface area contributed by atoms with Crippen LogP contribution in [0, 0.1) is 0 Å². The van der Waals surface area contributed by atoms with Gasteiger partial charge in [0.2, 0.25) is 0 Å². The van der Waals surface area contributed by atoms with Crippen molar-refractivity contribution in [3.05, 3.63) is 42.2 Å². The molecule has 2 atom stereocenters. The molecule has 1 heterocycles. The average molecular weight is 233 g/mol. The van der Waals surface area contributed by atoms with E-state index < -0.39 is 12.2 Å². The van der Waals surface area contributed by atoms with Gasteiger partial charge < -0.3 is 15.3 Å². The second kappa shape index (κ2) is 5.23. The molecule has 17 heavy (non-hydrogen) atoms. The van der Waals surface area contributed by atoms with E-state index in [0.717, 1.165) is 10.8 Å². The van der Waals surface area contributed by atoms with Crippen LogP contribution in [0.2, 0.25) is 0 Å². The van der Waals surface area contributed by atoms with Gasteiger partial charge in [-0.25, -0.2) is 0 Å². The number of pyridine rings is 1. The molecule has 2 aromatic rings. The maximum Gasteiger partial charge on any atom is 0.107 e. The van der Waals surface area contributed by atoms with E-state index >= 15 is 0 Å². The number of aromatic nitrogens is 1. The number of hydrogen-bond donors (Lipinski definition) is 3. The maximum atomic E-state index is 10.0. The molecule has 0 saturated heterocycles. The van der Waals surface area contributed by atoms with Gasteiger partial charge in [-0.3, -0.25) is 4.98 Å². The predicted octanol–water partition coefficient (Wildman–Crippen LogP) is 1.01. The molecule has 90 valence electrons. The molecule has 0 saturated carbocycles. The van der Waals surface area contributed by atoms with E-state index in [1.54, 1.807) is 12.4 Å². The Morgan fingerprint density at radius 2 is 1.88 bits per heavy atom. The third kappa shape index (κ3) is 2.44. The van der Waals surface area contributed by atoms with E-state index in [4.69, 9.17) is 5.11 Å². The molecule has 0 bridgehead atoms. The number of fused-ring (bicyclic) bond motifs is 1. The van der Waals surface area contributed by atoms with Crippen molar-refractivity contribution in [3.8, 4) is 0 Å². The van der Waals surface area contributed by atoms with Crippen molar-refractivity contribution in [1.29, 1.82) is 0 Å². The van der Waals surface area contributed by atoms with Crippen molar-refractivity contribution in [1.82, 2.24) is 4.98 Å². The van der Waals surface area contributed by atoms with Crippen molar-refractivity contribution in [2.45, 2.75) is 18.6 Å². The van der Waals surface area contributed by atoms with Crippen LogP contribution in [0.3, 0.4) is 0 Å². The summed E-state index contributed by atoms with van der Waals surface area (Å²) >= 11 is 0. The molecule has 0 aliphatic heterocycles. The van der Waals surface area contributed by atoms with E-state index in [1.807, 2.05) is 24.3 Å². The minimum atomic E-state index is -1.03. The molecule has 3 N–H and O–H groups in total. The summed E-state index contributed by atoms with van der Waals surface area (Å²) in [5.74, 6) is 0. The molecule has 0 radical (unpaired) electrons. The number of aliphatic hydroxyl groups excluding tert-OH is 3. The zero-order valence-corrected chi connectivity index (χ0v) is 9.32. The highest BCUT2D eigenvalue weighted by Crippen LogP contribution is 2.26. The fourth-order valence-electron chi connectivity index (χ4n) is 1.87. The largest absolute Gasteiger partial charge is 0.396 e. The highest BCUT2D eigenvalue weighted by atomic mass is 16.3. The normalized spacial score (nSPS) is 14.8. The van der Waals surface area contributed by atoms with Crippen molar-refractivity contribution < 1.29 is 15.3 Å². The summed E-state index contributed by atoms with van der Waals surface area (Å²) < 4.78 is 0. The Bertz CT molecular complexity index is 495. The lowest BCUT2D eigenvalue weighted by molar-refractivity contribution is 0.00484. The molecule has 1 aromatic heterocycles. The summed E-state index contributed by atoms with van der Waals surface area (Å²) in [6.45, 7) is -0.156. The molecule has 0 fully saturated rings. The Labute approximate surface area is 99.2 Å². The van der Waals surface area contributed by atoms with E-state index in [-0.39, 0.29) is 13.0 Å². The zero-order chi connectivity index (χ0) is 12.3. The molecule has 0 spiro atoms. The van der Waals surface area contributed by atoms with Crippen LogP contribution in [0.5, 0.6) is 0 Å². The number of aliphatic hydroxyl groups is 3. The van der Waals surface area contributed by atoms with Crippen molar-refractivity contribution in [2.75, 3.05) is 6.61 Å². The van der Waals surface area contributed by atoms with Crippen LogP contribution < -0.4 is 0 Å². The van der Waals surface area contributed by atoms with Gasteiger partial charge in [0.05, 0.1) is 6.10 Å². The topological polar surface area (TPSA) is 73.6 Å². The molecule has 0 amide bonds. The summed E-state index contributed by atoms with van der Waals surface area (Å²) in [7, 11) is 0. The van der Waals surface area contributed by atoms with Gasteiger partial charge in [-0.2, -0.15) is 0 Å². The number of hydrogen-bond acceptors (Lipinski definition) is 4. The summed E-state index contributed by atoms with van der Waals surface area (Å²) in [5, 5.41) is 30.3. The van der Waals surface area contributed by atoms with Crippen molar-refractivity contribution in [2.24, 2.45) is 0 Å². The summed E-state index contributed by atoms with van der Waals surface area (Å²) in [6.07, 6.45) is 1.40. The fourth-order valence-corrected chi connectivity index (χ4v) is 1.87. The molecular weight excluding hydrogens is 218 g/mol. The quantitative estimate of drug-likeness (QED) is 0.737. The summed E-state index contributed by atoms with van der Waals surface area (Å²) in [6, 6.07) is 7.54. The van der Waals surface area contributed by atoms with Gasteiger partial charge in [0, 0.05) is 30.0 Å². The van der Waals surface area contributed by atoms with Gasteiger partial charge in [-0.1, -0.05) is 24.3 Å². The minimum absolute atomic E-state index is 0.143. The molecular formula is C13H15NO3. The molecule has 4 nitrogen and oxygen atoms in total. The Morgan fingerprint density at radius 3 is 2.65 bits per heavy atom. The first kappa shape index (κ1) is 12.0. The van der Waals surface area contributed by atoms with Crippen molar-refractivity contribution >= 4 is 10.8 Å². The number of benzene rings is 1. The Hall–Kier alpha value is -1.49. The number of rotatable bonds is 4. The van der Waals surface area contributed by atoms with Gasteiger partial charge in [0.1, 0.15) is 6.10 Å². The molecule has 4 heteroatoms. The van der Waals surface area contributed by atoms with Gasteiger partial charge in [-0.15, -0.1) is 0 Å². The predicted molar refractivity (Wildman–Crippen MR) is 64.4 cm³/mol. The van der Waals surface area contributed by atoms with E-state index in [2.05, 4.69) is 4.98 Å². The van der Waals surface area contributed by atoms with E-state index in [0.29, 0.717) is 5.56 Å². The average Bonchev–Trinajstić information content (AvgIpc) is 2.37. The first-order valence-electron chi connectivity index (χ1n) is 5.53. The molecule has 1 aromatic carbocycles. The molecule has 2 rings (SSSR count). The lowest BCUT2D eigenvalue weighted by atomic mass is 9.99. The lowest BCUT2D eigenvalue weighted by Crippen LogP contribution is -2.19. The van der Waals surface area contributed by atoms with E-state index in [1.165, 1.54) is 0 Å². The standard InChI is InChI=1S/C13H15NO3/c15-6-5-12(16)13(17)11-8-14-7-9-3-1-2-4-10(9)11/h1-4,7-8,12-13,15-17H,5-6H2. The monoisotopic (exact) mass is 233 g/mol. The minimum Gasteiger partial charge on any atom is -0.396 e. The van der Waals surface area contributed by atoms with Crippen LogP contribution in [-0.4, -0.2) is 33.0 Å².